The number of alkyl halides is 3. The summed E-state index contributed by atoms with van der Waals surface area (Å²) in [5, 5.41) is 17.9. The summed E-state index contributed by atoms with van der Waals surface area (Å²) in [6.45, 7) is 0. The lowest BCUT2D eigenvalue weighted by molar-refractivity contribution is -0.136. The minimum absolute atomic E-state index is 0.0165. The first-order valence-corrected chi connectivity index (χ1v) is 7.59. The second-order valence-corrected chi connectivity index (χ2v) is 6.34. The van der Waals surface area contributed by atoms with E-state index in [0.29, 0.717) is 0 Å². The lowest BCUT2D eigenvalue weighted by atomic mass is 10.1. The third-order valence-corrected chi connectivity index (χ3v) is 4.12. The van der Waals surface area contributed by atoms with Crippen molar-refractivity contribution >= 4 is 38.6 Å². The summed E-state index contributed by atoms with van der Waals surface area (Å²) in [5.74, 6) is -2.82. The van der Waals surface area contributed by atoms with Crippen LogP contribution in [0.25, 0.3) is 10.9 Å². The number of nitrogens with one attached hydrogen (secondary N) is 2. The van der Waals surface area contributed by atoms with Crippen LogP contribution < -0.4 is 4.72 Å². The van der Waals surface area contributed by atoms with E-state index in [0.717, 1.165) is 18.2 Å². The summed E-state index contributed by atoms with van der Waals surface area (Å²) < 4.78 is 60.7. The van der Waals surface area contributed by atoms with Gasteiger partial charge in [-0.1, -0.05) is 0 Å². The maximum Gasteiger partial charge on any atom is 0.516 e. The molecule has 0 unspecified atom stereocenters. The number of halogens is 3. The van der Waals surface area contributed by atoms with Gasteiger partial charge in [0, 0.05) is 22.2 Å². The zero-order chi connectivity index (χ0) is 18.3. The lowest BCUT2D eigenvalue weighted by Gasteiger charge is -2.10. The molecule has 24 heavy (non-hydrogen) atoms. The number of carboxylic acid groups (broad SMARTS) is 2. The topological polar surface area (TPSA) is 137 Å². The first kappa shape index (κ1) is 17.6. The van der Waals surface area contributed by atoms with Crippen molar-refractivity contribution in [1.82, 2.24) is 4.98 Å². The molecule has 0 aliphatic rings. The molecule has 12 heteroatoms. The van der Waals surface area contributed by atoms with E-state index in [2.05, 4.69) is 4.98 Å². The number of fused-ring (bicyclic) bond motifs is 1. The summed E-state index contributed by atoms with van der Waals surface area (Å²) in [4.78, 5) is 24.4. The molecule has 0 radical (unpaired) electrons. The highest BCUT2D eigenvalue weighted by Gasteiger charge is 2.46. The van der Waals surface area contributed by atoms with Crippen LogP contribution in [0, 0.1) is 0 Å². The van der Waals surface area contributed by atoms with Gasteiger partial charge in [0.25, 0.3) is 0 Å². The predicted molar refractivity (Wildman–Crippen MR) is 75.2 cm³/mol. The molecule has 0 atom stereocenters. The minimum Gasteiger partial charge on any atom is -0.481 e. The highest BCUT2D eigenvalue weighted by atomic mass is 32.2. The maximum atomic E-state index is 12.4. The molecule has 0 aliphatic carbocycles. The number of H-pyrrole nitrogens is 1. The second-order valence-electron chi connectivity index (χ2n) is 4.67. The van der Waals surface area contributed by atoms with Gasteiger partial charge < -0.3 is 15.2 Å². The van der Waals surface area contributed by atoms with Gasteiger partial charge in [0.05, 0.1) is 6.42 Å². The summed E-state index contributed by atoms with van der Waals surface area (Å²) >= 11 is 0. The van der Waals surface area contributed by atoms with E-state index in [1.54, 1.807) is 0 Å². The number of anilines is 1. The Morgan fingerprint density at radius 1 is 1.21 bits per heavy atom. The highest BCUT2D eigenvalue weighted by Crippen LogP contribution is 2.29. The summed E-state index contributed by atoms with van der Waals surface area (Å²) in [5.41, 5.74) is -6.50. The number of carbonyl (C=O) groups is 2. The summed E-state index contributed by atoms with van der Waals surface area (Å²) in [7, 11) is -5.66. The molecular formula is C12H9F3N2O6S. The van der Waals surface area contributed by atoms with Crippen molar-refractivity contribution in [1.29, 1.82) is 0 Å². The Kier molecular flexibility index (Phi) is 4.18. The van der Waals surface area contributed by atoms with E-state index < -0.39 is 45.3 Å². The average molecular weight is 366 g/mol. The van der Waals surface area contributed by atoms with Crippen LogP contribution in [0.3, 0.4) is 0 Å². The van der Waals surface area contributed by atoms with Crippen LogP contribution in [0.4, 0.5) is 18.9 Å². The third kappa shape index (κ3) is 3.27. The number of aromatic amines is 1. The standard InChI is InChI=1S/C12H9F3N2O6S/c13-12(14,15)24(22,23)17-5-1-2-8-6(3-5)7(4-9(18)19)10(16-8)11(20)21/h1-3,16-17H,4H2,(H,18,19)(H,20,21). The third-order valence-electron chi connectivity index (χ3n) is 3.00. The van der Waals surface area contributed by atoms with Gasteiger partial charge in [-0.3, -0.25) is 9.52 Å². The van der Waals surface area contributed by atoms with Crippen LogP contribution in [-0.2, 0) is 21.2 Å². The fourth-order valence-electron chi connectivity index (χ4n) is 2.04. The maximum absolute atomic E-state index is 12.4. The van der Waals surface area contributed by atoms with Gasteiger partial charge in [-0.05, 0) is 18.2 Å². The molecule has 8 nitrogen and oxygen atoms in total. The molecule has 0 amide bonds. The van der Waals surface area contributed by atoms with Crippen LogP contribution in [0.1, 0.15) is 16.1 Å². The van der Waals surface area contributed by atoms with E-state index in [1.807, 2.05) is 0 Å². The number of benzene rings is 1. The number of aliphatic carboxylic acids is 1. The molecule has 1 heterocycles. The van der Waals surface area contributed by atoms with Gasteiger partial charge in [-0.15, -0.1) is 0 Å². The second kappa shape index (κ2) is 5.70. The van der Waals surface area contributed by atoms with Gasteiger partial charge in [-0.2, -0.15) is 21.6 Å². The fraction of sp³-hybridized carbons (Fsp3) is 0.167. The number of aromatic carboxylic acids is 1. The van der Waals surface area contributed by atoms with Crippen molar-refractivity contribution < 1.29 is 41.4 Å². The van der Waals surface area contributed by atoms with E-state index in [9.17, 15) is 31.2 Å². The Morgan fingerprint density at radius 3 is 2.33 bits per heavy atom. The lowest BCUT2D eigenvalue weighted by Crippen LogP contribution is -2.29. The van der Waals surface area contributed by atoms with E-state index >= 15 is 0 Å². The number of sulfonamides is 1. The van der Waals surface area contributed by atoms with Crippen molar-refractivity contribution in [2.24, 2.45) is 0 Å². The largest absolute Gasteiger partial charge is 0.516 e. The number of hydrogen-bond donors (Lipinski definition) is 4. The SMILES string of the molecule is O=C(O)Cc1c(C(=O)O)[nH]c2ccc(NS(=O)(=O)C(F)(F)F)cc12. The predicted octanol–water partition coefficient (Wildman–Crippen LogP) is 1.75. The molecule has 0 fully saturated rings. The van der Waals surface area contributed by atoms with Crippen molar-refractivity contribution in [3.05, 3.63) is 29.5 Å². The number of hydrogen-bond acceptors (Lipinski definition) is 4. The molecule has 1 aromatic carbocycles. The Bertz CT molecular complexity index is 932. The van der Waals surface area contributed by atoms with Gasteiger partial charge in [0.2, 0.25) is 0 Å². The number of carboxylic acids is 2. The van der Waals surface area contributed by atoms with Crippen molar-refractivity contribution in [2.75, 3.05) is 4.72 Å². The normalized spacial score (nSPS) is 12.3. The van der Waals surface area contributed by atoms with Crippen molar-refractivity contribution in [3.8, 4) is 0 Å². The van der Waals surface area contributed by atoms with Gasteiger partial charge in [-0.25, -0.2) is 4.79 Å². The summed E-state index contributed by atoms with van der Waals surface area (Å²) in [6.07, 6.45) is -0.711. The quantitative estimate of drug-likeness (QED) is 0.636. The molecule has 130 valence electrons. The monoisotopic (exact) mass is 366 g/mol. The number of rotatable bonds is 5. The van der Waals surface area contributed by atoms with Gasteiger partial charge >= 0.3 is 27.5 Å². The first-order chi connectivity index (χ1) is 10.9. The van der Waals surface area contributed by atoms with Crippen LogP contribution in [-0.4, -0.2) is 41.1 Å². The molecule has 1 aromatic heterocycles. The van der Waals surface area contributed by atoms with E-state index in [1.165, 1.54) is 4.72 Å². The van der Waals surface area contributed by atoms with Crippen molar-refractivity contribution in [2.45, 2.75) is 11.9 Å². The van der Waals surface area contributed by atoms with E-state index in [4.69, 9.17) is 10.2 Å². The van der Waals surface area contributed by atoms with Crippen LogP contribution >= 0.6 is 0 Å². The highest BCUT2D eigenvalue weighted by molar-refractivity contribution is 7.93. The first-order valence-electron chi connectivity index (χ1n) is 6.11. The van der Waals surface area contributed by atoms with Crippen molar-refractivity contribution in [3.63, 3.8) is 0 Å². The molecule has 4 N–H and O–H groups in total. The molecule has 0 spiro atoms. The molecule has 2 aromatic rings. The Morgan fingerprint density at radius 2 is 1.83 bits per heavy atom. The number of aromatic nitrogens is 1. The Hall–Kier alpha value is -2.76. The zero-order valence-corrected chi connectivity index (χ0v) is 12.3. The smallest absolute Gasteiger partial charge is 0.481 e. The van der Waals surface area contributed by atoms with Crippen LogP contribution in [0.5, 0.6) is 0 Å². The Labute approximate surface area is 132 Å². The average Bonchev–Trinajstić information content (AvgIpc) is 2.75. The molecule has 2 rings (SSSR count). The van der Waals surface area contributed by atoms with Crippen LogP contribution in [0.15, 0.2) is 18.2 Å². The summed E-state index contributed by atoms with van der Waals surface area (Å²) in [6, 6.07) is 3.06. The molecule has 0 saturated carbocycles. The Balaban J connectivity index is 2.58. The fourth-order valence-corrected chi connectivity index (χ4v) is 2.59. The minimum atomic E-state index is -5.66. The zero-order valence-electron chi connectivity index (χ0n) is 11.5. The van der Waals surface area contributed by atoms with Gasteiger partial charge in [0.15, 0.2) is 0 Å². The molecule has 0 bridgehead atoms. The van der Waals surface area contributed by atoms with Gasteiger partial charge in [0.1, 0.15) is 5.69 Å². The molecule has 0 aliphatic heterocycles. The van der Waals surface area contributed by atoms with E-state index in [-0.39, 0.29) is 16.5 Å². The van der Waals surface area contributed by atoms with Crippen LogP contribution in [0.2, 0.25) is 0 Å². The molecular weight excluding hydrogens is 357 g/mol. The molecule has 0 saturated heterocycles.